The van der Waals surface area contributed by atoms with Crippen LogP contribution >= 0.6 is 0 Å². The first-order valence-electron chi connectivity index (χ1n) is 9.04. The van der Waals surface area contributed by atoms with Crippen molar-refractivity contribution in [2.45, 2.75) is 52.3 Å². The van der Waals surface area contributed by atoms with Gasteiger partial charge in [-0.15, -0.1) is 0 Å². The van der Waals surface area contributed by atoms with Crippen molar-refractivity contribution in [2.75, 3.05) is 19.8 Å². The zero-order valence-electron chi connectivity index (χ0n) is 15.0. The first kappa shape index (κ1) is 17.1. The van der Waals surface area contributed by atoms with Crippen LogP contribution in [0.5, 0.6) is 5.75 Å². The summed E-state index contributed by atoms with van der Waals surface area (Å²) < 4.78 is 11.6. The van der Waals surface area contributed by atoms with E-state index in [-0.39, 0.29) is 6.10 Å². The summed E-state index contributed by atoms with van der Waals surface area (Å²) >= 11 is 0. The van der Waals surface area contributed by atoms with Gasteiger partial charge in [0.2, 0.25) is 0 Å². The molecule has 2 aliphatic rings. The third kappa shape index (κ3) is 4.63. The Morgan fingerprint density at radius 2 is 2.25 bits per heavy atom. The molecule has 0 radical (unpaired) electrons. The summed E-state index contributed by atoms with van der Waals surface area (Å²) in [6, 6.07) is 6.90. The SMILES string of the molecule is CCNC(=NCc1ccc(C)cc1OC1CCOC1)NC1CC1C. The Morgan fingerprint density at radius 3 is 2.92 bits per heavy atom. The molecule has 0 spiro atoms. The van der Waals surface area contributed by atoms with Crippen LogP contribution in [-0.4, -0.2) is 37.9 Å². The van der Waals surface area contributed by atoms with E-state index in [4.69, 9.17) is 14.5 Å². The van der Waals surface area contributed by atoms with E-state index < -0.39 is 0 Å². The van der Waals surface area contributed by atoms with Gasteiger partial charge in [0.15, 0.2) is 5.96 Å². The third-order valence-electron chi connectivity index (χ3n) is 4.59. The smallest absolute Gasteiger partial charge is 0.191 e. The summed E-state index contributed by atoms with van der Waals surface area (Å²) in [4.78, 5) is 4.75. The van der Waals surface area contributed by atoms with Crippen LogP contribution in [0, 0.1) is 12.8 Å². The summed E-state index contributed by atoms with van der Waals surface area (Å²) in [7, 11) is 0. The van der Waals surface area contributed by atoms with Crippen LogP contribution < -0.4 is 15.4 Å². The van der Waals surface area contributed by atoms with Gasteiger partial charge in [-0.2, -0.15) is 0 Å². The molecule has 3 atom stereocenters. The van der Waals surface area contributed by atoms with E-state index in [0.29, 0.717) is 19.2 Å². The number of aliphatic imine (C=N–C) groups is 1. The van der Waals surface area contributed by atoms with Crippen molar-refractivity contribution in [2.24, 2.45) is 10.9 Å². The topological polar surface area (TPSA) is 54.9 Å². The molecule has 3 rings (SSSR count). The van der Waals surface area contributed by atoms with Crippen molar-refractivity contribution in [3.05, 3.63) is 29.3 Å². The Balaban J connectivity index is 1.68. The van der Waals surface area contributed by atoms with Gasteiger partial charge in [0.05, 0.1) is 19.8 Å². The minimum atomic E-state index is 0.160. The number of hydrogen-bond donors (Lipinski definition) is 2. The Hall–Kier alpha value is -1.75. The maximum absolute atomic E-state index is 6.15. The molecule has 1 aliphatic heterocycles. The average Bonchev–Trinajstić information content (AvgIpc) is 3.02. The van der Waals surface area contributed by atoms with E-state index in [1.807, 2.05) is 0 Å². The summed E-state index contributed by atoms with van der Waals surface area (Å²) in [5.74, 6) is 2.57. The molecule has 2 fully saturated rings. The molecule has 1 saturated heterocycles. The fourth-order valence-electron chi connectivity index (χ4n) is 2.87. The van der Waals surface area contributed by atoms with Gasteiger partial charge in [-0.25, -0.2) is 4.99 Å². The summed E-state index contributed by atoms with van der Waals surface area (Å²) in [6.07, 6.45) is 2.35. The van der Waals surface area contributed by atoms with Crippen molar-refractivity contribution < 1.29 is 9.47 Å². The molecule has 1 aromatic rings. The number of ether oxygens (including phenoxy) is 2. The Morgan fingerprint density at radius 1 is 1.42 bits per heavy atom. The lowest BCUT2D eigenvalue weighted by atomic mass is 10.1. The second-order valence-corrected chi connectivity index (χ2v) is 6.87. The largest absolute Gasteiger partial charge is 0.488 e. The lowest BCUT2D eigenvalue weighted by molar-refractivity contribution is 0.140. The van der Waals surface area contributed by atoms with E-state index in [9.17, 15) is 0 Å². The molecule has 0 aromatic heterocycles. The minimum Gasteiger partial charge on any atom is -0.488 e. The second-order valence-electron chi connectivity index (χ2n) is 6.87. The van der Waals surface area contributed by atoms with Gasteiger partial charge in [-0.1, -0.05) is 19.1 Å². The molecule has 3 unspecified atom stereocenters. The number of aryl methyl sites for hydroxylation is 1. The standard InChI is InChI=1S/C19H29N3O2/c1-4-20-19(22-17-10-14(17)3)21-11-15-6-5-13(2)9-18(15)24-16-7-8-23-12-16/h5-6,9,14,16-17H,4,7-8,10-12H2,1-3H3,(H2,20,21,22). The van der Waals surface area contributed by atoms with Crippen LogP contribution in [0.2, 0.25) is 0 Å². The van der Waals surface area contributed by atoms with Crippen LogP contribution in [0.25, 0.3) is 0 Å². The van der Waals surface area contributed by atoms with Crippen LogP contribution in [0.1, 0.15) is 37.8 Å². The third-order valence-corrected chi connectivity index (χ3v) is 4.59. The molecule has 2 N–H and O–H groups in total. The Bertz CT molecular complexity index is 582. The van der Waals surface area contributed by atoms with E-state index in [2.05, 4.69) is 49.6 Å². The van der Waals surface area contributed by atoms with Gasteiger partial charge in [0.1, 0.15) is 11.9 Å². The Labute approximate surface area is 144 Å². The molecule has 1 saturated carbocycles. The monoisotopic (exact) mass is 331 g/mol. The van der Waals surface area contributed by atoms with Gasteiger partial charge in [0, 0.05) is 24.6 Å². The predicted molar refractivity (Wildman–Crippen MR) is 96.6 cm³/mol. The molecule has 0 bridgehead atoms. The van der Waals surface area contributed by atoms with Gasteiger partial charge in [-0.05, 0) is 37.8 Å². The van der Waals surface area contributed by atoms with Crippen molar-refractivity contribution >= 4 is 5.96 Å². The second kappa shape index (κ2) is 7.88. The fourth-order valence-corrected chi connectivity index (χ4v) is 2.87. The molecule has 132 valence electrons. The zero-order valence-corrected chi connectivity index (χ0v) is 15.0. The summed E-state index contributed by atoms with van der Waals surface area (Å²) in [5.41, 5.74) is 2.32. The number of nitrogens with one attached hydrogen (secondary N) is 2. The van der Waals surface area contributed by atoms with E-state index in [1.165, 1.54) is 12.0 Å². The van der Waals surface area contributed by atoms with Crippen molar-refractivity contribution in [3.8, 4) is 5.75 Å². The number of guanidine groups is 1. The van der Waals surface area contributed by atoms with Crippen LogP contribution in [0.15, 0.2) is 23.2 Å². The van der Waals surface area contributed by atoms with Gasteiger partial charge >= 0.3 is 0 Å². The molecule has 0 amide bonds. The highest BCUT2D eigenvalue weighted by atomic mass is 16.5. The lowest BCUT2D eigenvalue weighted by Crippen LogP contribution is -2.39. The number of hydrogen-bond acceptors (Lipinski definition) is 3. The van der Waals surface area contributed by atoms with Gasteiger partial charge in [0.25, 0.3) is 0 Å². The molecular weight excluding hydrogens is 302 g/mol. The highest BCUT2D eigenvalue weighted by Gasteiger charge is 2.33. The summed E-state index contributed by atoms with van der Waals surface area (Å²) in [5, 5.41) is 6.82. The highest BCUT2D eigenvalue weighted by molar-refractivity contribution is 5.80. The van der Waals surface area contributed by atoms with Crippen LogP contribution in [0.4, 0.5) is 0 Å². The van der Waals surface area contributed by atoms with Crippen LogP contribution in [0.3, 0.4) is 0 Å². The van der Waals surface area contributed by atoms with E-state index >= 15 is 0 Å². The number of rotatable bonds is 6. The molecule has 5 nitrogen and oxygen atoms in total. The van der Waals surface area contributed by atoms with Crippen molar-refractivity contribution in [1.82, 2.24) is 10.6 Å². The predicted octanol–water partition coefficient (Wildman–Crippen LogP) is 2.63. The number of benzene rings is 1. The molecule has 1 aliphatic carbocycles. The lowest BCUT2D eigenvalue weighted by Gasteiger charge is -2.16. The maximum Gasteiger partial charge on any atom is 0.191 e. The van der Waals surface area contributed by atoms with Gasteiger partial charge in [-0.3, -0.25) is 0 Å². The molecule has 1 heterocycles. The first-order valence-corrected chi connectivity index (χ1v) is 9.04. The first-order chi connectivity index (χ1) is 11.7. The molecule has 24 heavy (non-hydrogen) atoms. The average molecular weight is 331 g/mol. The molecular formula is C19H29N3O2. The normalized spacial score (nSPS) is 26.3. The maximum atomic E-state index is 6.15. The minimum absolute atomic E-state index is 0.160. The van der Waals surface area contributed by atoms with Crippen LogP contribution in [-0.2, 0) is 11.3 Å². The highest BCUT2D eigenvalue weighted by Crippen LogP contribution is 2.29. The fraction of sp³-hybridized carbons (Fsp3) is 0.632. The molecule has 5 heteroatoms. The number of nitrogens with zero attached hydrogens (tertiary/aromatic N) is 1. The van der Waals surface area contributed by atoms with E-state index in [0.717, 1.165) is 42.8 Å². The van der Waals surface area contributed by atoms with Gasteiger partial charge < -0.3 is 20.1 Å². The van der Waals surface area contributed by atoms with E-state index in [1.54, 1.807) is 0 Å². The van der Waals surface area contributed by atoms with Crippen molar-refractivity contribution in [1.29, 1.82) is 0 Å². The molecule has 1 aromatic carbocycles. The quantitative estimate of drug-likeness (QED) is 0.621. The van der Waals surface area contributed by atoms with Crippen molar-refractivity contribution in [3.63, 3.8) is 0 Å². The summed E-state index contributed by atoms with van der Waals surface area (Å²) in [6.45, 7) is 9.39. The Kier molecular flexibility index (Phi) is 5.61. The zero-order chi connectivity index (χ0) is 16.9.